The van der Waals surface area contributed by atoms with Crippen LogP contribution in [0.1, 0.15) is 36.0 Å². The van der Waals surface area contributed by atoms with Crippen LogP contribution in [0.5, 0.6) is 0 Å². The van der Waals surface area contributed by atoms with Crippen LogP contribution in [0.3, 0.4) is 0 Å². The van der Waals surface area contributed by atoms with Crippen molar-refractivity contribution in [3.8, 4) is 0 Å². The summed E-state index contributed by atoms with van der Waals surface area (Å²) in [5.41, 5.74) is 0.886. The van der Waals surface area contributed by atoms with E-state index in [2.05, 4.69) is 22.6 Å². The van der Waals surface area contributed by atoms with Gasteiger partial charge in [0.05, 0.1) is 0 Å². The molecule has 0 amide bonds. The molecule has 2 heteroatoms. The molecule has 2 rings (SSSR count). The molecule has 0 atom stereocenters. The zero-order chi connectivity index (χ0) is 9.97. The van der Waals surface area contributed by atoms with E-state index in [0.717, 1.165) is 18.4 Å². The largest absolute Gasteiger partial charge is 0.294 e. The molecule has 0 aromatic heterocycles. The molecule has 0 aliphatic heterocycles. The van der Waals surface area contributed by atoms with E-state index in [9.17, 15) is 4.79 Å². The Labute approximate surface area is 98.0 Å². The lowest BCUT2D eigenvalue weighted by atomic mass is 9.96. The second-order valence-electron chi connectivity index (χ2n) is 3.85. The lowest BCUT2D eigenvalue weighted by Gasteiger charge is -2.07. The third kappa shape index (κ3) is 2.16. The SMILES string of the molecule is O=C(c1ccc(I)cc1)C1CCCC1. The van der Waals surface area contributed by atoms with Crippen LogP contribution in [0.25, 0.3) is 0 Å². The number of halogens is 1. The molecule has 0 spiro atoms. The van der Waals surface area contributed by atoms with E-state index in [-0.39, 0.29) is 0 Å². The van der Waals surface area contributed by atoms with Crippen LogP contribution in [0, 0.1) is 9.49 Å². The number of hydrogen-bond donors (Lipinski definition) is 0. The van der Waals surface area contributed by atoms with Gasteiger partial charge >= 0.3 is 0 Å². The zero-order valence-corrected chi connectivity index (χ0v) is 10.2. The molecule has 14 heavy (non-hydrogen) atoms. The van der Waals surface area contributed by atoms with Crippen molar-refractivity contribution < 1.29 is 4.79 Å². The van der Waals surface area contributed by atoms with Crippen molar-refractivity contribution in [2.45, 2.75) is 25.7 Å². The summed E-state index contributed by atoms with van der Waals surface area (Å²) in [5.74, 6) is 0.647. The first kappa shape index (κ1) is 10.1. The van der Waals surface area contributed by atoms with E-state index in [1.807, 2.05) is 24.3 Å². The van der Waals surface area contributed by atoms with Gasteiger partial charge < -0.3 is 0 Å². The molecule has 0 radical (unpaired) electrons. The average Bonchev–Trinajstić information content (AvgIpc) is 2.71. The van der Waals surface area contributed by atoms with Gasteiger partial charge in [0.25, 0.3) is 0 Å². The van der Waals surface area contributed by atoms with Crippen LogP contribution in [0.15, 0.2) is 24.3 Å². The molecule has 1 fully saturated rings. The Morgan fingerprint density at radius 1 is 1.14 bits per heavy atom. The lowest BCUT2D eigenvalue weighted by Crippen LogP contribution is -2.10. The van der Waals surface area contributed by atoms with Crippen LogP contribution in [0.4, 0.5) is 0 Å². The molecule has 1 nitrogen and oxygen atoms in total. The molecule has 0 unspecified atom stereocenters. The van der Waals surface area contributed by atoms with Crippen molar-refractivity contribution >= 4 is 28.4 Å². The predicted molar refractivity (Wildman–Crippen MR) is 65.4 cm³/mol. The van der Waals surface area contributed by atoms with Gasteiger partial charge in [0, 0.05) is 15.1 Å². The van der Waals surface area contributed by atoms with Gasteiger partial charge in [-0.15, -0.1) is 0 Å². The normalized spacial score (nSPS) is 17.2. The number of hydrogen-bond acceptors (Lipinski definition) is 1. The number of rotatable bonds is 2. The van der Waals surface area contributed by atoms with Crippen LogP contribution in [-0.2, 0) is 0 Å². The minimum absolute atomic E-state index is 0.301. The monoisotopic (exact) mass is 300 g/mol. The Bertz CT molecular complexity index is 323. The minimum atomic E-state index is 0.301. The van der Waals surface area contributed by atoms with Crippen molar-refractivity contribution in [1.29, 1.82) is 0 Å². The Balaban J connectivity index is 2.14. The van der Waals surface area contributed by atoms with E-state index in [0.29, 0.717) is 11.7 Å². The Hall–Kier alpha value is -0.380. The highest BCUT2D eigenvalue weighted by atomic mass is 127. The number of benzene rings is 1. The Kier molecular flexibility index (Phi) is 3.21. The van der Waals surface area contributed by atoms with Crippen molar-refractivity contribution in [2.75, 3.05) is 0 Å². The van der Waals surface area contributed by atoms with E-state index >= 15 is 0 Å². The predicted octanol–water partition coefficient (Wildman–Crippen LogP) is 3.66. The molecule has 1 aromatic carbocycles. The molecule has 74 valence electrons. The van der Waals surface area contributed by atoms with E-state index in [4.69, 9.17) is 0 Å². The van der Waals surface area contributed by atoms with Gasteiger partial charge in [-0.25, -0.2) is 0 Å². The molecule has 0 N–H and O–H groups in total. The third-order valence-corrected chi connectivity index (χ3v) is 3.57. The molecular weight excluding hydrogens is 287 g/mol. The Morgan fingerprint density at radius 2 is 1.71 bits per heavy atom. The van der Waals surface area contributed by atoms with E-state index in [1.165, 1.54) is 16.4 Å². The maximum atomic E-state index is 12.0. The summed E-state index contributed by atoms with van der Waals surface area (Å²) in [6.45, 7) is 0. The summed E-state index contributed by atoms with van der Waals surface area (Å²) in [6, 6.07) is 7.90. The van der Waals surface area contributed by atoms with E-state index < -0.39 is 0 Å². The van der Waals surface area contributed by atoms with Gasteiger partial charge in [0.2, 0.25) is 0 Å². The topological polar surface area (TPSA) is 17.1 Å². The van der Waals surface area contributed by atoms with Gasteiger partial charge in [-0.2, -0.15) is 0 Å². The zero-order valence-electron chi connectivity index (χ0n) is 8.00. The molecule has 1 aliphatic carbocycles. The summed E-state index contributed by atoms with van der Waals surface area (Å²) in [5, 5.41) is 0. The molecule has 1 aliphatic rings. The first-order valence-electron chi connectivity index (χ1n) is 5.07. The number of carbonyl (C=O) groups is 1. The standard InChI is InChI=1S/C12H13IO/c13-11-7-5-10(6-8-11)12(14)9-3-1-2-4-9/h5-9H,1-4H2. The molecule has 0 bridgehead atoms. The van der Waals surface area contributed by atoms with E-state index in [1.54, 1.807) is 0 Å². The molecule has 0 heterocycles. The molecule has 0 saturated heterocycles. The first-order valence-corrected chi connectivity index (χ1v) is 6.15. The average molecular weight is 300 g/mol. The number of carbonyl (C=O) groups excluding carboxylic acids is 1. The Morgan fingerprint density at radius 3 is 2.29 bits per heavy atom. The quantitative estimate of drug-likeness (QED) is 0.602. The third-order valence-electron chi connectivity index (χ3n) is 2.85. The first-order chi connectivity index (χ1) is 6.77. The highest BCUT2D eigenvalue weighted by Crippen LogP contribution is 2.28. The van der Waals surface area contributed by atoms with Gasteiger partial charge in [0.1, 0.15) is 0 Å². The summed E-state index contributed by atoms with van der Waals surface area (Å²) in [6.07, 6.45) is 4.62. The fraction of sp³-hybridized carbons (Fsp3) is 0.417. The number of Topliss-reactive ketones (excluding diaryl/α,β-unsaturated/α-hetero) is 1. The maximum Gasteiger partial charge on any atom is 0.165 e. The second-order valence-corrected chi connectivity index (χ2v) is 5.10. The van der Waals surface area contributed by atoms with Crippen LogP contribution in [-0.4, -0.2) is 5.78 Å². The van der Waals surface area contributed by atoms with Gasteiger partial charge in [0.15, 0.2) is 5.78 Å². The minimum Gasteiger partial charge on any atom is -0.294 e. The van der Waals surface area contributed by atoms with Gasteiger partial charge in [-0.05, 0) is 47.6 Å². The lowest BCUT2D eigenvalue weighted by molar-refractivity contribution is 0.0923. The van der Waals surface area contributed by atoms with Crippen LogP contribution < -0.4 is 0 Å². The van der Waals surface area contributed by atoms with Crippen molar-refractivity contribution in [1.82, 2.24) is 0 Å². The van der Waals surface area contributed by atoms with Crippen LogP contribution >= 0.6 is 22.6 Å². The second kappa shape index (κ2) is 4.43. The van der Waals surface area contributed by atoms with Crippen molar-refractivity contribution in [2.24, 2.45) is 5.92 Å². The number of ketones is 1. The molecule has 1 saturated carbocycles. The smallest absolute Gasteiger partial charge is 0.165 e. The molecular formula is C12H13IO. The highest BCUT2D eigenvalue weighted by molar-refractivity contribution is 14.1. The van der Waals surface area contributed by atoms with Crippen molar-refractivity contribution in [3.63, 3.8) is 0 Å². The van der Waals surface area contributed by atoms with Gasteiger partial charge in [-0.3, -0.25) is 4.79 Å². The fourth-order valence-corrected chi connectivity index (χ4v) is 2.40. The maximum absolute atomic E-state index is 12.0. The van der Waals surface area contributed by atoms with Gasteiger partial charge in [-0.1, -0.05) is 25.0 Å². The summed E-state index contributed by atoms with van der Waals surface area (Å²) in [4.78, 5) is 12.0. The molecule has 1 aromatic rings. The fourth-order valence-electron chi connectivity index (χ4n) is 2.04. The van der Waals surface area contributed by atoms with Crippen molar-refractivity contribution in [3.05, 3.63) is 33.4 Å². The summed E-state index contributed by atoms with van der Waals surface area (Å²) in [7, 11) is 0. The summed E-state index contributed by atoms with van der Waals surface area (Å²) < 4.78 is 1.19. The highest BCUT2D eigenvalue weighted by Gasteiger charge is 2.23. The van der Waals surface area contributed by atoms with Crippen LogP contribution in [0.2, 0.25) is 0 Å². The summed E-state index contributed by atoms with van der Waals surface area (Å²) >= 11 is 2.26.